The Kier molecular flexibility index (Phi) is 3.06. The molecule has 2 heterocycles. The number of piperidine rings is 1. The van der Waals surface area contributed by atoms with Crippen molar-refractivity contribution in [2.75, 3.05) is 25.1 Å². The van der Waals surface area contributed by atoms with Crippen LogP contribution >= 0.6 is 0 Å². The highest BCUT2D eigenvalue weighted by molar-refractivity contribution is 5.45. The predicted molar refractivity (Wildman–Crippen MR) is 60.2 cm³/mol. The minimum Gasteiger partial charge on any atom is -0.481 e. The molecular formula is C11H17N3O. The lowest BCUT2D eigenvalue weighted by molar-refractivity contribution is 0.397. The fourth-order valence-electron chi connectivity index (χ4n) is 1.84. The van der Waals surface area contributed by atoms with E-state index in [4.69, 9.17) is 10.5 Å². The Morgan fingerprint density at radius 3 is 2.67 bits per heavy atom. The molecule has 0 atom stereocenters. The van der Waals surface area contributed by atoms with E-state index in [9.17, 15) is 0 Å². The topological polar surface area (TPSA) is 51.4 Å². The second-order valence-electron chi connectivity index (χ2n) is 3.88. The molecular weight excluding hydrogens is 190 g/mol. The Morgan fingerprint density at radius 1 is 1.40 bits per heavy atom. The summed E-state index contributed by atoms with van der Waals surface area (Å²) in [7, 11) is 1.63. The summed E-state index contributed by atoms with van der Waals surface area (Å²) in [5.41, 5.74) is 7.01. The highest BCUT2D eigenvalue weighted by Gasteiger charge is 2.16. The molecule has 1 aromatic rings. The molecule has 0 amide bonds. The summed E-state index contributed by atoms with van der Waals surface area (Å²) >= 11 is 0. The van der Waals surface area contributed by atoms with E-state index in [1.54, 1.807) is 7.11 Å². The van der Waals surface area contributed by atoms with Gasteiger partial charge in [0.2, 0.25) is 5.88 Å². The van der Waals surface area contributed by atoms with Crippen molar-refractivity contribution < 1.29 is 4.74 Å². The number of anilines is 1. The zero-order valence-corrected chi connectivity index (χ0v) is 9.02. The molecule has 0 saturated carbocycles. The minimum absolute atomic E-state index is 0.368. The molecule has 1 aromatic heterocycles. The van der Waals surface area contributed by atoms with Gasteiger partial charge in [0.15, 0.2) is 0 Å². The van der Waals surface area contributed by atoms with Crippen LogP contribution in [0.2, 0.25) is 0 Å². The van der Waals surface area contributed by atoms with Gasteiger partial charge in [-0.3, -0.25) is 0 Å². The number of pyridine rings is 1. The summed E-state index contributed by atoms with van der Waals surface area (Å²) in [5.74, 6) is 0.660. The molecule has 82 valence electrons. The van der Waals surface area contributed by atoms with Gasteiger partial charge in [-0.1, -0.05) is 0 Å². The lowest BCUT2D eigenvalue weighted by atomic mass is 10.1. The summed E-state index contributed by atoms with van der Waals surface area (Å²) in [5, 5.41) is 0. The van der Waals surface area contributed by atoms with E-state index < -0.39 is 0 Å². The maximum atomic E-state index is 5.86. The summed E-state index contributed by atoms with van der Waals surface area (Å²) < 4.78 is 5.02. The monoisotopic (exact) mass is 207 g/mol. The van der Waals surface area contributed by atoms with Gasteiger partial charge in [0, 0.05) is 25.2 Å². The Hall–Kier alpha value is -1.29. The third-order valence-electron chi connectivity index (χ3n) is 2.83. The van der Waals surface area contributed by atoms with Crippen molar-refractivity contribution in [3.05, 3.63) is 18.3 Å². The molecule has 0 aliphatic carbocycles. The Labute approximate surface area is 90.0 Å². The molecule has 1 aliphatic rings. The van der Waals surface area contributed by atoms with Crippen LogP contribution in [0.1, 0.15) is 12.8 Å². The van der Waals surface area contributed by atoms with Crippen LogP contribution in [0.15, 0.2) is 18.3 Å². The van der Waals surface area contributed by atoms with Gasteiger partial charge in [-0.2, -0.15) is 0 Å². The van der Waals surface area contributed by atoms with E-state index in [0.717, 1.165) is 31.6 Å². The Bertz CT molecular complexity index is 304. The predicted octanol–water partition coefficient (Wildman–Crippen LogP) is 1.02. The fourth-order valence-corrected chi connectivity index (χ4v) is 1.84. The number of nitrogens with zero attached hydrogens (tertiary/aromatic N) is 2. The Balaban J connectivity index is 2.03. The third-order valence-corrected chi connectivity index (χ3v) is 2.83. The standard InChI is InChI=1S/C11H17N3O/c1-15-11-3-2-10(8-13-11)14-6-4-9(12)5-7-14/h2-3,8-9H,4-7,12H2,1H3. The van der Waals surface area contributed by atoms with Crippen LogP contribution in [0.3, 0.4) is 0 Å². The maximum absolute atomic E-state index is 5.86. The average molecular weight is 207 g/mol. The van der Waals surface area contributed by atoms with Gasteiger partial charge in [-0.05, 0) is 18.9 Å². The number of hydrogen-bond acceptors (Lipinski definition) is 4. The number of aromatic nitrogens is 1. The average Bonchev–Trinajstić information content (AvgIpc) is 2.30. The first-order valence-corrected chi connectivity index (χ1v) is 5.30. The highest BCUT2D eigenvalue weighted by Crippen LogP contribution is 2.20. The fraction of sp³-hybridized carbons (Fsp3) is 0.545. The molecule has 2 N–H and O–H groups in total. The molecule has 4 nitrogen and oxygen atoms in total. The molecule has 15 heavy (non-hydrogen) atoms. The van der Waals surface area contributed by atoms with E-state index in [2.05, 4.69) is 9.88 Å². The van der Waals surface area contributed by atoms with Crippen LogP contribution in [0.4, 0.5) is 5.69 Å². The molecule has 1 fully saturated rings. The van der Waals surface area contributed by atoms with Crippen molar-refractivity contribution >= 4 is 5.69 Å². The van der Waals surface area contributed by atoms with Crippen molar-refractivity contribution in [3.63, 3.8) is 0 Å². The number of hydrogen-bond donors (Lipinski definition) is 1. The molecule has 0 unspecified atom stereocenters. The summed E-state index contributed by atoms with van der Waals surface area (Å²) in [6.45, 7) is 2.05. The van der Waals surface area contributed by atoms with Crippen molar-refractivity contribution in [2.45, 2.75) is 18.9 Å². The van der Waals surface area contributed by atoms with E-state index in [0.29, 0.717) is 11.9 Å². The van der Waals surface area contributed by atoms with Gasteiger partial charge in [0.05, 0.1) is 19.0 Å². The van der Waals surface area contributed by atoms with Crippen LogP contribution < -0.4 is 15.4 Å². The third kappa shape index (κ3) is 2.39. The van der Waals surface area contributed by atoms with E-state index in [1.165, 1.54) is 0 Å². The van der Waals surface area contributed by atoms with Crippen LogP contribution in [-0.4, -0.2) is 31.2 Å². The molecule has 2 rings (SSSR count). The summed E-state index contributed by atoms with van der Waals surface area (Å²) in [4.78, 5) is 6.51. The molecule has 0 bridgehead atoms. The number of rotatable bonds is 2. The van der Waals surface area contributed by atoms with Gasteiger partial charge < -0.3 is 15.4 Å². The largest absolute Gasteiger partial charge is 0.481 e. The van der Waals surface area contributed by atoms with Crippen molar-refractivity contribution in [1.82, 2.24) is 4.98 Å². The number of ether oxygens (including phenoxy) is 1. The first-order valence-electron chi connectivity index (χ1n) is 5.30. The first kappa shape index (κ1) is 10.2. The second kappa shape index (κ2) is 4.49. The zero-order chi connectivity index (χ0) is 10.7. The minimum atomic E-state index is 0.368. The van der Waals surface area contributed by atoms with Gasteiger partial charge in [0.25, 0.3) is 0 Å². The van der Waals surface area contributed by atoms with E-state index in [1.807, 2.05) is 18.3 Å². The van der Waals surface area contributed by atoms with Crippen LogP contribution in [0.25, 0.3) is 0 Å². The second-order valence-corrected chi connectivity index (χ2v) is 3.88. The molecule has 4 heteroatoms. The van der Waals surface area contributed by atoms with Gasteiger partial charge in [-0.15, -0.1) is 0 Å². The van der Waals surface area contributed by atoms with E-state index in [-0.39, 0.29) is 0 Å². The zero-order valence-electron chi connectivity index (χ0n) is 9.02. The lowest BCUT2D eigenvalue weighted by Gasteiger charge is -2.31. The van der Waals surface area contributed by atoms with Crippen LogP contribution in [0, 0.1) is 0 Å². The van der Waals surface area contributed by atoms with E-state index >= 15 is 0 Å². The SMILES string of the molecule is COc1ccc(N2CCC(N)CC2)cn1. The quantitative estimate of drug-likeness (QED) is 0.786. The van der Waals surface area contributed by atoms with Crippen molar-refractivity contribution in [3.8, 4) is 5.88 Å². The van der Waals surface area contributed by atoms with Crippen LogP contribution in [0.5, 0.6) is 5.88 Å². The molecule has 0 aromatic carbocycles. The normalized spacial score (nSPS) is 17.9. The summed E-state index contributed by atoms with van der Waals surface area (Å²) in [6.07, 6.45) is 3.98. The van der Waals surface area contributed by atoms with Gasteiger partial charge >= 0.3 is 0 Å². The smallest absolute Gasteiger partial charge is 0.213 e. The van der Waals surface area contributed by atoms with Crippen molar-refractivity contribution in [1.29, 1.82) is 0 Å². The maximum Gasteiger partial charge on any atom is 0.213 e. The van der Waals surface area contributed by atoms with Crippen LogP contribution in [-0.2, 0) is 0 Å². The van der Waals surface area contributed by atoms with Gasteiger partial charge in [-0.25, -0.2) is 4.98 Å². The molecule has 0 spiro atoms. The lowest BCUT2D eigenvalue weighted by Crippen LogP contribution is -2.39. The molecule has 1 aliphatic heterocycles. The first-order chi connectivity index (χ1) is 7.29. The number of nitrogens with two attached hydrogens (primary N) is 1. The van der Waals surface area contributed by atoms with Gasteiger partial charge in [0.1, 0.15) is 0 Å². The molecule has 1 saturated heterocycles. The Morgan fingerprint density at radius 2 is 2.13 bits per heavy atom. The summed E-state index contributed by atoms with van der Waals surface area (Å²) in [6, 6.07) is 4.31. The highest BCUT2D eigenvalue weighted by atomic mass is 16.5. The number of methoxy groups -OCH3 is 1. The molecule has 0 radical (unpaired) electrons. The van der Waals surface area contributed by atoms with Crippen molar-refractivity contribution in [2.24, 2.45) is 5.73 Å².